The van der Waals surface area contributed by atoms with E-state index in [-0.39, 0.29) is 17.9 Å². The normalized spacial score (nSPS) is 24.0. The number of urea groups is 1. The van der Waals surface area contributed by atoms with Crippen molar-refractivity contribution < 1.29 is 37.9 Å². The Morgan fingerprint density at radius 3 is 2.35 bits per heavy atom. The Kier molecular flexibility index (Phi) is 6.53. The van der Waals surface area contributed by atoms with Crippen LogP contribution in [0.5, 0.6) is 0 Å². The molecule has 0 bridgehead atoms. The highest BCUT2D eigenvalue weighted by Gasteiger charge is 2.48. The van der Waals surface area contributed by atoms with Gasteiger partial charge in [0.25, 0.3) is 0 Å². The molecular formula is C23H25N3O8. The molecule has 3 aliphatic rings. The van der Waals surface area contributed by atoms with Crippen molar-refractivity contribution in [1.82, 2.24) is 15.5 Å². The number of amides is 4. The van der Waals surface area contributed by atoms with E-state index in [0.29, 0.717) is 24.4 Å². The second-order valence-electron chi connectivity index (χ2n) is 8.17. The molecule has 1 aliphatic carbocycles. The molecule has 34 heavy (non-hydrogen) atoms. The molecule has 4 amide bonds. The molecule has 3 unspecified atom stereocenters. The van der Waals surface area contributed by atoms with E-state index in [9.17, 15) is 24.0 Å². The Bertz CT molecular complexity index is 1080. The van der Waals surface area contributed by atoms with Gasteiger partial charge in [0.1, 0.15) is 30.7 Å². The van der Waals surface area contributed by atoms with Gasteiger partial charge in [-0.05, 0) is 38.8 Å². The second kappa shape index (κ2) is 9.54. The van der Waals surface area contributed by atoms with Gasteiger partial charge in [-0.3, -0.25) is 19.3 Å². The van der Waals surface area contributed by atoms with Crippen molar-refractivity contribution in [3.8, 4) is 0 Å². The van der Waals surface area contributed by atoms with Crippen LogP contribution in [-0.4, -0.2) is 54.4 Å². The molecule has 1 aromatic heterocycles. The topological polar surface area (TPSA) is 144 Å². The van der Waals surface area contributed by atoms with Crippen LogP contribution >= 0.6 is 0 Å². The van der Waals surface area contributed by atoms with E-state index in [1.54, 1.807) is 26.0 Å². The summed E-state index contributed by atoms with van der Waals surface area (Å²) < 4.78 is 16.0. The van der Waals surface area contributed by atoms with Gasteiger partial charge in [0, 0.05) is 0 Å². The van der Waals surface area contributed by atoms with Crippen LogP contribution in [0.4, 0.5) is 4.79 Å². The highest BCUT2D eigenvalue weighted by atomic mass is 16.5. The summed E-state index contributed by atoms with van der Waals surface area (Å²) in [6.45, 7) is 2.43. The fourth-order valence-corrected chi connectivity index (χ4v) is 4.36. The van der Waals surface area contributed by atoms with Crippen molar-refractivity contribution in [3.63, 3.8) is 0 Å². The first-order chi connectivity index (χ1) is 16.3. The molecule has 3 heterocycles. The lowest BCUT2D eigenvalue weighted by molar-refractivity contribution is -0.152. The molecule has 4 rings (SSSR count). The lowest BCUT2D eigenvalue weighted by Gasteiger charge is -2.27. The van der Waals surface area contributed by atoms with E-state index in [1.807, 2.05) is 12.2 Å². The van der Waals surface area contributed by atoms with E-state index >= 15 is 0 Å². The molecule has 0 spiro atoms. The minimum absolute atomic E-state index is 0.0200. The number of imide groups is 1. The third-order valence-electron chi connectivity index (χ3n) is 5.96. The van der Waals surface area contributed by atoms with Crippen LogP contribution in [0.25, 0.3) is 0 Å². The Balaban J connectivity index is 1.50. The first-order valence-electron chi connectivity index (χ1n) is 11.0. The molecule has 1 aromatic rings. The zero-order valence-electron chi connectivity index (χ0n) is 18.8. The van der Waals surface area contributed by atoms with Gasteiger partial charge in [0.2, 0.25) is 11.8 Å². The molecule has 11 heteroatoms. The molecule has 2 N–H and O–H groups in total. The van der Waals surface area contributed by atoms with Crippen molar-refractivity contribution in [2.24, 2.45) is 11.8 Å². The number of likely N-dealkylation sites (tertiary alicyclic amines) is 1. The number of esters is 2. The number of nitrogens with one attached hydrogen (secondary N) is 2. The molecular weight excluding hydrogens is 446 g/mol. The first-order valence-corrected chi connectivity index (χ1v) is 11.0. The number of allylic oxidation sites excluding steroid dienone is 2. The predicted molar refractivity (Wildman–Crippen MR) is 115 cm³/mol. The lowest BCUT2D eigenvalue weighted by atomic mass is 9.85. The summed E-state index contributed by atoms with van der Waals surface area (Å²) in [5.41, 5.74) is 0.0422. The number of furan rings is 1. The van der Waals surface area contributed by atoms with Crippen LogP contribution in [0.15, 0.2) is 40.0 Å². The number of hydrogen-bond acceptors (Lipinski definition) is 8. The maximum Gasteiger partial charge on any atom is 0.338 e. The van der Waals surface area contributed by atoms with Gasteiger partial charge < -0.3 is 24.5 Å². The zero-order chi connectivity index (χ0) is 24.4. The molecule has 0 aromatic carbocycles. The van der Waals surface area contributed by atoms with Gasteiger partial charge in [0.15, 0.2) is 0 Å². The number of nitrogens with zero attached hydrogens (tertiary/aromatic N) is 1. The van der Waals surface area contributed by atoms with Gasteiger partial charge in [-0.1, -0.05) is 12.2 Å². The number of carbonyl (C=O) groups excluding carboxylic acids is 5. The van der Waals surface area contributed by atoms with Crippen LogP contribution in [-0.2, 0) is 28.7 Å². The summed E-state index contributed by atoms with van der Waals surface area (Å²) >= 11 is 0. The van der Waals surface area contributed by atoms with Crippen LogP contribution < -0.4 is 10.6 Å². The van der Waals surface area contributed by atoms with E-state index in [1.165, 1.54) is 0 Å². The molecule has 1 saturated heterocycles. The smallest absolute Gasteiger partial charge is 0.338 e. The Hall–Kier alpha value is -3.89. The van der Waals surface area contributed by atoms with Crippen LogP contribution in [0.3, 0.4) is 0 Å². The van der Waals surface area contributed by atoms with E-state index in [4.69, 9.17) is 13.9 Å². The summed E-state index contributed by atoms with van der Waals surface area (Å²) in [5, 5.41) is 5.08. The summed E-state index contributed by atoms with van der Waals surface area (Å²) in [6, 6.07) is 1.73. The second-order valence-corrected chi connectivity index (χ2v) is 8.17. The predicted octanol–water partition coefficient (Wildman–Crippen LogP) is 1.25. The van der Waals surface area contributed by atoms with E-state index in [0.717, 1.165) is 4.90 Å². The highest BCUT2D eigenvalue weighted by Crippen LogP contribution is 2.35. The van der Waals surface area contributed by atoms with Gasteiger partial charge >= 0.3 is 18.0 Å². The minimum Gasteiger partial charge on any atom is -0.464 e. The minimum atomic E-state index is -0.951. The van der Waals surface area contributed by atoms with Crippen molar-refractivity contribution in [3.05, 3.63) is 47.1 Å². The number of aryl methyl sites for hydroxylation is 1. The first kappa shape index (κ1) is 23.3. The molecule has 2 aliphatic heterocycles. The SMILES string of the molecule is CCOC(=O)C1=C(COC(=O)CN2C(=O)C3CC=CCC3C2=O)NC(=O)NC1c1ccc(C)o1. The van der Waals surface area contributed by atoms with Crippen molar-refractivity contribution >= 4 is 29.8 Å². The average molecular weight is 471 g/mol. The number of fused-ring (bicyclic) bond motifs is 1. The van der Waals surface area contributed by atoms with Crippen LogP contribution in [0.2, 0.25) is 0 Å². The summed E-state index contributed by atoms with van der Waals surface area (Å²) in [6.07, 6.45) is 4.63. The Morgan fingerprint density at radius 2 is 1.76 bits per heavy atom. The van der Waals surface area contributed by atoms with Gasteiger partial charge in [-0.25, -0.2) is 9.59 Å². The number of ether oxygens (including phenoxy) is 2. The van der Waals surface area contributed by atoms with Gasteiger partial charge in [-0.15, -0.1) is 0 Å². The summed E-state index contributed by atoms with van der Waals surface area (Å²) in [7, 11) is 0. The maximum absolute atomic E-state index is 12.7. The van der Waals surface area contributed by atoms with Crippen LogP contribution in [0.1, 0.15) is 37.3 Å². The van der Waals surface area contributed by atoms with Gasteiger partial charge in [-0.2, -0.15) is 0 Å². The Morgan fingerprint density at radius 1 is 1.09 bits per heavy atom. The lowest BCUT2D eigenvalue weighted by Crippen LogP contribution is -2.47. The molecule has 0 radical (unpaired) electrons. The van der Waals surface area contributed by atoms with Crippen molar-refractivity contribution in [1.29, 1.82) is 0 Å². The largest absolute Gasteiger partial charge is 0.464 e. The van der Waals surface area contributed by atoms with E-state index < -0.39 is 60.8 Å². The summed E-state index contributed by atoms with van der Waals surface area (Å²) in [5.74, 6) is -2.38. The Labute approximate surface area is 195 Å². The van der Waals surface area contributed by atoms with Crippen molar-refractivity contribution in [2.75, 3.05) is 19.8 Å². The standard InChI is InChI=1S/C23H25N3O8/c1-3-32-22(30)18-15(24-23(31)25-19(18)16-9-8-12(2)34-16)11-33-17(27)10-26-20(28)13-6-4-5-7-14(13)21(26)29/h4-5,8-9,13-14,19H,3,6-7,10-11H2,1-2H3,(H2,24,25,31). The molecule has 3 atom stereocenters. The quantitative estimate of drug-likeness (QED) is 0.344. The fourth-order valence-electron chi connectivity index (χ4n) is 4.36. The number of rotatable bonds is 7. The molecule has 180 valence electrons. The third-order valence-corrected chi connectivity index (χ3v) is 5.96. The van der Waals surface area contributed by atoms with Crippen LogP contribution in [0, 0.1) is 18.8 Å². The zero-order valence-corrected chi connectivity index (χ0v) is 18.8. The summed E-state index contributed by atoms with van der Waals surface area (Å²) in [4.78, 5) is 63.5. The fraction of sp³-hybridized carbons (Fsp3) is 0.435. The number of hydrogen-bond donors (Lipinski definition) is 2. The van der Waals surface area contributed by atoms with Crippen molar-refractivity contribution in [2.45, 2.75) is 32.7 Å². The van der Waals surface area contributed by atoms with E-state index in [2.05, 4.69) is 10.6 Å². The molecule has 1 fully saturated rings. The average Bonchev–Trinajstić information content (AvgIpc) is 3.35. The maximum atomic E-state index is 12.7. The highest BCUT2D eigenvalue weighted by molar-refractivity contribution is 6.07. The monoisotopic (exact) mass is 471 g/mol. The molecule has 11 nitrogen and oxygen atoms in total. The number of carbonyl (C=O) groups is 5. The van der Waals surface area contributed by atoms with Gasteiger partial charge in [0.05, 0.1) is 29.7 Å². The molecule has 0 saturated carbocycles. The third kappa shape index (κ3) is 4.45.